The minimum Gasteiger partial charge on any atom is -0.465 e. The second kappa shape index (κ2) is 25.9. The van der Waals surface area contributed by atoms with E-state index in [-0.39, 0.29) is 11.9 Å². The van der Waals surface area contributed by atoms with E-state index in [4.69, 9.17) is 9.47 Å². The number of hydrogen-bond donors (Lipinski definition) is 0. The number of esters is 2. The Labute approximate surface area is 243 Å². The molecule has 4 nitrogen and oxygen atoms in total. The van der Waals surface area contributed by atoms with Gasteiger partial charge < -0.3 is 9.47 Å². The van der Waals surface area contributed by atoms with Crippen LogP contribution in [0.4, 0.5) is 0 Å². The highest BCUT2D eigenvalue weighted by atomic mass is 16.6. The molecule has 230 valence electrons. The first-order valence-corrected chi connectivity index (χ1v) is 17.5. The molecule has 0 saturated heterocycles. The zero-order valence-corrected chi connectivity index (χ0v) is 26.3. The number of rotatable bonds is 30. The molecule has 0 aromatic carbocycles. The van der Waals surface area contributed by atoms with Crippen molar-refractivity contribution in [1.29, 1.82) is 0 Å². The molecule has 0 bridgehead atoms. The van der Waals surface area contributed by atoms with Crippen molar-refractivity contribution in [2.75, 3.05) is 13.2 Å². The van der Waals surface area contributed by atoms with Gasteiger partial charge >= 0.3 is 11.9 Å². The van der Waals surface area contributed by atoms with Crippen LogP contribution < -0.4 is 0 Å². The summed E-state index contributed by atoms with van der Waals surface area (Å²) in [5, 5.41) is 0. The Hall–Kier alpha value is -1.06. The molecule has 0 heterocycles. The van der Waals surface area contributed by atoms with Crippen LogP contribution in [0.3, 0.4) is 0 Å². The van der Waals surface area contributed by atoms with Gasteiger partial charge in [-0.15, -0.1) is 0 Å². The lowest BCUT2D eigenvalue weighted by atomic mass is 10.0. The fraction of sp³-hybridized carbons (Fsp3) is 0.943. The van der Waals surface area contributed by atoms with Crippen LogP contribution in [0.15, 0.2) is 0 Å². The summed E-state index contributed by atoms with van der Waals surface area (Å²) >= 11 is 0. The Balaban J connectivity index is 1.89. The molecule has 1 aliphatic rings. The van der Waals surface area contributed by atoms with E-state index in [9.17, 15) is 9.59 Å². The van der Waals surface area contributed by atoms with Crippen molar-refractivity contribution in [3.8, 4) is 0 Å². The van der Waals surface area contributed by atoms with Crippen molar-refractivity contribution in [2.45, 2.75) is 194 Å². The molecular weight excluding hydrogens is 484 g/mol. The lowest BCUT2D eigenvalue weighted by Crippen LogP contribution is -2.30. The zero-order chi connectivity index (χ0) is 28.3. The Morgan fingerprint density at radius 3 is 0.872 bits per heavy atom. The van der Waals surface area contributed by atoms with Gasteiger partial charge in [-0.05, 0) is 25.7 Å². The molecule has 1 rings (SSSR count). The summed E-state index contributed by atoms with van der Waals surface area (Å²) in [7, 11) is 0. The Kier molecular flexibility index (Phi) is 23.9. The number of carbonyl (C=O) groups is 2. The number of ether oxygens (including phenoxy) is 2. The average molecular weight is 551 g/mol. The summed E-state index contributed by atoms with van der Waals surface area (Å²) in [6.45, 7) is 5.41. The fourth-order valence-corrected chi connectivity index (χ4v) is 5.46. The van der Waals surface area contributed by atoms with Gasteiger partial charge in [-0.2, -0.15) is 0 Å². The van der Waals surface area contributed by atoms with Crippen LogP contribution in [0, 0.1) is 5.41 Å². The molecular formula is C35H66O4. The van der Waals surface area contributed by atoms with Crippen LogP contribution in [0.25, 0.3) is 0 Å². The largest absolute Gasteiger partial charge is 0.465 e. The number of carbonyl (C=O) groups excluding carboxylic acids is 2. The maximum Gasteiger partial charge on any atom is 0.323 e. The van der Waals surface area contributed by atoms with Crippen LogP contribution in [0.5, 0.6) is 0 Å². The Morgan fingerprint density at radius 2 is 0.641 bits per heavy atom. The lowest BCUT2D eigenvalue weighted by Gasteiger charge is -2.14. The van der Waals surface area contributed by atoms with E-state index in [1.165, 1.54) is 141 Å². The SMILES string of the molecule is CCCCCCCCCCCCCCCOC(=O)C1(C(=O)OCCCCCCCCCCCCCCC)CC1. The third-order valence-electron chi connectivity index (χ3n) is 8.49. The topological polar surface area (TPSA) is 52.6 Å². The summed E-state index contributed by atoms with van der Waals surface area (Å²) < 4.78 is 10.9. The van der Waals surface area contributed by atoms with Crippen LogP contribution >= 0.6 is 0 Å². The van der Waals surface area contributed by atoms with Crippen LogP contribution in [-0.4, -0.2) is 25.2 Å². The molecule has 0 amide bonds. The molecule has 1 fully saturated rings. The molecule has 0 aromatic heterocycles. The third kappa shape index (κ3) is 19.6. The normalized spacial score (nSPS) is 13.9. The van der Waals surface area contributed by atoms with Gasteiger partial charge in [0.25, 0.3) is 0 Å². The maximum absolute atomic E-state index is 12.5. The average Bonchev–Trinajstić information content (AvgIpc) is 3.75. The third-order valence-corrected chi connectivity index (χ3v) is 8.49. The van der Waals surface area contributed by atoms with Crippen molar-refractivity contribution in [1.82, 2.24) is 0 Å². The highest BCUT2D eigenvalue weighted by Gasteiger charge is 2.59. The first kappa shape index (κ1) is 36.0. The standard InChI is InChI=1S/C35H66O4/c1-3-5-7-9-11-13-15-17-19-21-23-25-27-31-38-33(36)35(29-30-35)34(37)39-32-28-26-24-22-20-18-16-14-12-10-8-6-4-2/h3-32H2,1-2H3. The molecule has 0 unspecified atom stereocenters. The first-order chi connectivity index (χ1) is 19.2. The second-order valence-electron chi connectivity index (χ2n) is 12.3. The minimum atomic E-state index is -0.979. The van der Waals surface area contributed by atoms with E-state index in [1.54, 1.807) is 0 Å². The minimum absolute atomic E-state index is 0.350. The molecule has 0 N–H and O–H groups in total. The van der Waals surface area contributed by atoms with Crippen LogP contribution in [-0.2, 0) is 19.1 Å². The molecule has 0 aromatic rings. The van der Waals surface area contributed by atoms with Crippen LogP contribution in [0.1, 0.15) is 194 Å². The molecule has 1 saturated carbocycles. The van der Waals surface area contributed by atoms with Gasteiger partial charge in [0.2, 0.25) is 0 Å². The molecule has 0 atom stereocenters. The Morgan fingerprint density at radius 1 is 0.410 bits per heavy atom. The molecule has 0 radical (unpaired) electrons. The maximum atomic E-state index is 12.5. The Bertz CT molecular complexity index is 523. The lowest BCUT2D eigenvalue weighted by molar-refractivity contribution is -0.164. The van der Waals surface area contributed by atoms with Crippen molar-refractivity contribution >= 4 is 11.9 Å². The summed E-state index contributed by atoms with van der Waals surface area (Å²) in [5.41, 5.74) is -0.979. The number of hydrogen-bond acceptors (Lipinski definition) is 4. The van der Waals surface area contributed by atoms with E-state index in [0.717, 1.165) is 25.7 Å². The second-order valence-corrected chi connectivity index (χ2v) is 12.3. The first-order valence-electron chi connectivity index (χ1n) is 17.5. The van der Waals surface area contributed by atoms with Crippen molar-refractivity contribution in [3.05, 3.63) is 0 Å². The zero-order valence-electron chi connectivity index (χ0n) is 26.3. The van der Waals surface area contributed by atoms with E-state index >= 15 is 0 Å². The molecule has 0 aliphatic heterocycles. The predicted molar refractivity (Wildman–Crippen MR) is 165 cm³/mol. The highest BCUT2D eigenvalue weighted by molar-refractivity contribution is 6.03. The van der Waals surface area contributed by atoms with Crippen molar-refractivity contribution < 1.29 is 19.1 Å². The van der Waals surface area contributed by atoms with E-state index in [2.05, 4.69) is 13.8 Å². The van der Waals surface area contributed by atoms with Crippen molar-refractivity contribution in [2.24, 2.45) is 5.41 Å². The molecule has 4 heteroatoms. The predicted octanol–water partition coefficient (Wildman–Crippen LogP) is 11.0. The van der Waals surface area contributed by atoms with E-state index in [1.807, 2.05) is 0 Å². The summed E-state index contributed by atoms with van der Waals surface area (Å²) in [5.74, 6) is -0.700. The fourth-order valence-electron chi connectivity index (χ4n) is 5.46. The van der Waals surface area contributed by atoms with Gasteiger partial charge in [0.1, 0.15) is 0 Å². The number of unbranched alkanes of at least 4 members (excludes halogenated alkanes) is 24. The van der Waals surface area contributed by atoms with Gasteiger partial charge in [0.05, 0.1) is 13.2 Å². The van der Waals surface area contributed by atoms with E-state index < -0.39 is 5.41 Å². The quantitative estimate of drug-likeness (QED) is 0.0507. The summed E-state index contributed by atoms with van der Waals surface area (Å²) in [6, 6.07) is 0. The summed E-state index contributed by atoms with van der Waals surface area (Å²) in [4.78, 5) is 25.0. The molecule has 39 heavy (non-hydrogen) atoms. The van der Waals surface area contributed by atoms with Crippen molar-refractivity contribution in [3.63, 3.8) is 0 Å². The molecule has 1 aliphatic carbocycles. The van der Waals surface area contributed by atoms with E-state index in [0.29, 0.717) is 26.1 Å². The van der Waals surface area contributed by atoms with Gasteiger partial charge in [0, 0.05) is 0 Å². The monoisotopic (exact) mass is 550 g/mol. The molecule has 0 spiro atoms. The van der Waals surface area contributed by atoms with Gasteiger partial charge in [-0.1, -0.05) is 168 Å². The van der Waals surface area contributed by atoms with Gasteiger partial charge in [-0.3, -0.25) is 9.59 Å². The highest BCUT2D eigenvalue weighted by Crippen LogP contribution is 2.48. The van der Waals surface area contributed by atoms with Crippen LogP contribution in [0.2, 0.25) is 0 Å². The van der Waals surface area contributed by atoms with Gasteiger partial charge in [0.15, 0.2) is 5.41 Å². The smallest absolute Gasteiger partial charge is 0.323 e. The summed E-state index contributed by atoms with van der Waals surface area (Å²) in [6.07, 6.45) is 34.9. The van der Waals surface area contributed by atoms with Gasteiger partial charge in [-0.25, -0.2) is 0 Å².